The Bertz CT molecular complexity index is 481. The molecule has 78 valence electrons. The normalized spacial score (nSPS) is 10.6. The van der Waals surface area contributed by atoms with Crippen molar-refractivity contribution in [2.45, 2.75) is 12.8 Å². The third-order valence-electron chi connectivity index (χ3n) is 2.16. The summed E-state index contributed by atoms with van der Waals surface area (Å²) >= 11 is 9.07. The van der Waals surface area contributed by atoms with Crippen LogP contribution in [0.4, 0.5) is 0 Å². The van der Waals surface area contributed by atoms with Gasteiger partial charge in [0.2, 0.25) is 0 Å². The topological polar surface area (TPSA) is 26.0 Å². The van der Waals surface area contributed by atoms with Crippen LogP contribution in [0.5, 0.6) is 0 Å². The molecule has 0 saturated heterocycles. The van der Waals surface area contributed by atoms with Gasteiger partial charge < -0.3 is 4.52 Å². The van der Waals surface area contributed by atoms with E-state index in [9.17, 15) is 0 Å². The summed E-state index contributed by atoms with van der Waals surface area (Å²) in [6.07, 6.45) is 0. The average molecular weight is 287 g/mol. The zero-order valence-electron chi connectivity index (χ0n) is 8.13. The van der Waals surface area contributed by atoms with Crippen molar-refractivity contribution in [3.63, 3.8) is 0 Å². The van der Waals surface area contributed by atoms with E-state index in [4.69, 9.17) is 16.1 Å². The third kappa shape index (κ3) is 2.24. The average Bonchev–Trinajstić information content (AvgIpc) is 2.66. The lowest BCUT2D eigenvalue weighted by atomic mass is 10.1. The molecular formula is C11H9BrClNO. The second-order valence-electron chi connectivity index (χ2n) is 3.27. The predicted molar refractivity (Wildman–Crippen MR) is 63.9 cm³/mol. The van der Waals surface area contributed by atoms with Crippen LogP contribution < -0.4 is 0 Å². The maximum atomic E-state index is 5.65. The van der Waals surface area contributed by atoms with Crippen LogP contribution in [-0.2, 0) is 5.88 Å². The Morgan fingerprint density at radius 2 is 2.20 bits per heavy atom. The lowest BCUT2D eigenvalue weighted by molar-refractivity contribution is 0.396. The molecule has 1 aromatic heterocycles. The van der Waals surface area contributed by atoms with E-state index in [-0.39, 0.29) is 0 Å². The lowest BCUT2D eigenvalue weighted by Crippen LogP contribution is -1.82. The van der Waals surface area contributed by atoms with E-state index < -0.39 is 0 Å². The van der Waals surface area contributed by atoms with Crippen LogP contribution in [-0.4, -0.2) is 5.16 Å². The molecule has 2 nitrogen and oxygen atoms in total. The zero-order chi connectivity index (χ0) is 10.8. The number of hydrogen-bond acceptors (Lipinski definition) is 2. The first-order valence-corrected chi connectivity index (χ1v) is 5.81. The Morgan fingerprint density at radius 1 is 1.40 bits per heavy atom. The maximum absolute atomic E-state index is 5.65. The minimum Gasteiger partial charge on any atom is -0.359 e. The van der Waals surface area contributed by atoms with Gasteiger partial charge in [0.1, 0.15) is 5.69 Å². The second-order valence-corrected chi connectivity index (χ2v) is 4.45. The molecule has 4 heteroatoms. The molecule has 0 fully saturated rings. The largest absolute Gasteiger partial charge is 0.359 e. The fraction of sp³-hybridized carbons (Fsp3) is 0.182. The number of nitrogens with zero attached hydrogens (tertiary/aromatic N) is 1. The Kier molecular flexibility index (Phi) is 3.12. The Morgan fingerprint density at radius 3 is 2.80 bits per heavy atom. The summed E-state index contributed by atoms with van der Waals surface area (Å²) in [6.45, 7) is 2.04. The number of rotatable bonds is 2. The van der Waals surface area contributed by atoms with Crippen LogP contribution in [0.25, 0.3) is 11.3 Å². The van der Waals surface area contributed by atoms with Crippen LogP contribution in [0.3, 0.4) is 0 Å². The van der Waals surface area contributed by atoms with E-state index in [1.54, 1.807) is 0 Å². The Balaban J connectivity index is 2.44. The molecular weight excluding hydrogens is 277 g/mol. The second kappa shape index (κ2) is 4.37. The van der Waals surface area contributed by atoms with Crippen LogP contribution in [0.15, 0.2) is 33.3 Å². The van der Waals surface area contributed by atoms with Gasteiger partial charge in [0.05, 0.1) is 5.88 Å². The number of aryl methyl sites for hydroxylation is 1. The van der Waals surface area contributed by atoms with Crippen molar-refractivity contribution in [3.8, 4) is 11.3 Å². The van der Waals surface area contributed by atoms with Crippen molar-refractivity contribution in [1.29, 1.82) is 0 Å². The summed E-state index contributed by atoms with van der Waals surface area (Å²) in [6, 6.07) is 7.90. The Hall–Kier alpha value is -0.800. The smallest absolute Gasteiger partial charge is 0.152 e. The van der Waals surface area contributed by atoms with Crippen molar-refractivity contribution in [2.24, 2.45) is 0 Å². The van der Waals surface area contributed by atoms with Crippen molar-refractivity contribution in [3.05, 3.63) is 40.1 Å². The summed E-state index contributed by atoms with van der Waals surface area (Å²) in [5.74, 6) is 1.04. The molecule has 0 bridgehead atoms. The monoisotopic (exact) mass is 285 g/mol. The highest BCUT2D eigenvalue weighted by Gasteiger charge is 2.08. The standard InChI is InChI=1S/C11H9BrClNO/c1-7-4-8(12)2-3-10(7)11-5-9(6-13)15-14-11/h2-5H,6H2,1H3. The van der Waals surface area contributed by atoms with Gasteiger partial charge in [0.15, 0.2) is 5.76 Å². The van der Waals surface area contributed by atoms with E-state index in [1.807, 2.05) is 31.2 Å². The van der Waals surface area contributed by atoms with Crippen LogP contribution in [0.1, 0.15) is 11.3 Å². The molecule has 1 aromatic carbocycles. The molecule has 0 unspecified atom stereocenters. The number of aromatic nitrogens is 1. The summed E-state index contributed by atoms with van der Waals surface area (Å²) in [5.41, 5.74) is 3.05. The zero-order valence-corrected chi connectivity index (χ0v) is 10.5. The van der Waals surface area contributed by atoms with E-state index in [0.717, 1.165) is 21.3 Å². The van der Waals surface area contributed by atoms with Crippen molar-refractivity contribution in [1.82, 2.24) is 5.16 Å². The molecule has 0 N–H and O–H groups in total. The van der Waals surface area contributed by atoms with Gasteiger partial charge in [0.25, 0.3) is 0 Å². The molecule has 15 heavy (non-hydrogen) atoms. The lowest BCUT2D eigenvalue weighted by Gasteiger charge is -2.01. The molecule has 0 radical (unpaired) electrons. The number of hydrogen-bond donors (Lipinski definition) is 0. The quantitative estimate of drug-likeness (QED) is 0.775. The minimum atomic E-state index is 0.350. The highest BCUT2D eigenvalue weighted by molar-refractivity contribution is 9.10. The first-order chi connectivity index (χ1) is 7.20. The van der Waals surface area contributed by atoms with E-state index in [2.05, 4.69) is 21.1 Å². The SMILES string of the molecule is Cc1cc(Br)ccc1-c1cc(CCl)on1. The van der Waals surface area contributed by atoms with Crippen molar-refractivity contribution >= 4 is 27.5 Å². The minimum absolute atomic E-state index is 0.350. The van der Waals surface area contributed by atoms with Crippen molar-refractivity contribution < 1.29 is 4.52 Å². The number of halogens is 2. The molecule has 0 aliphatic heterocycles. The molecule has 0 saturated carbocycles. The Labute approximate surface area is 101 Å². The fourth-order valence-corrected chi connectivity index (χ4v) is 2.02. The number of alkyl halides is 1. The van der Waals surface area contributed by atoms with Gasteiger partial charge in [-0.1, -0.05) is 27.2 Å². The molecule has 0 aliphatic carbocycles. The first-order valence-electron chi connectivity index (χ1n) is 4.49. The predicted octanol–water partition coefficient (Wildman–Crippen LogP) is 4.15. The highest BCUT2D eigenvalue weighted by atomic mass is 79.9. The molecule has 0 atom stereocenters. The third-order valence-corrected chi connectivity index (χ3v) is 2.91. The van der Waals surface area contributed by atoms with Gasteiger partial charge in [0, 0.05) is 16.1 Å². The van der Waals surface area contributed by atoms with Gasteiger partial charge in [-0.05, 0) is 24.6 Å². The molecule has 2 aromatic rings. The molecule has 0 spiro atoms. The molecule has 0 amide bonds. The first kappa shape index (κ1) is 10.7. The van der Waals surface area contributed by atoms with E-state index in [0.29, 0.717) is 11.6 Å². The highest BCUT2D eigenvalue weighted by Crippen LogP contribution is 2.26. The van der Waals surface area contributed by atoms with Crippen LogP contribution >= 0.6 is 27.5 Å². The summed E-state index contributed by atoms with van der Waals surface area (Å²) in [7, 11) is 0. The molecule has 0 aliphatic rings. The van der Waals surface area contributed by atoms with Gasteiger partial charge >= 0.3 is 0 Å². The van der Waals surface area contributed by atoms with E-state index >= 15 is 0 Å². The van der Waals surface area contributed by atoms with Gasteiger partial charge in [-0.2, -0.15) is 0 Å². The van der Waals surface area contributed by atoms with E-state index in [1.165, 1.54) is 0 Å². The van der Waals surface area contributed by atoms with Gasteiger partial charge in [-0.25, -0.2) is 0 Å². The summed E-state index contributed by atoms with van der Waals surface area (Å²) < 4.78 is 6.12. The molecule has 2 rings (SSSR count). The van der Waals surface area contributed by atoms with Gasteiger partial charge in [-0.15, -0.1) is 11.6 Å². The fourth-order valence-electron chi connectivity index (χ4n) is 1.42. The molecule has 1 heterocycles. The number of benzene rings is 1. The van der Waals surface area contributed by atoms with Gasteiger partial charge in [-0.3, -0.25) is 0 Å². The summed E-state index contributed by atoms with van der Waals surface area (Å²) in [5, 5.41) is 3.97. The van der Waals surface area contributed by atoms with Crippen molar-refractivity contribution in [2.75, 3.05) is 0 Å². The maximum Gasteiger partial charge on any atom is 0.152 e. The summed E-state index contributed by atoms with van der Waals surface area (Å²) in [4.78, 5) is 0. The van der Waals surface area contributed by atoms with Crippen LogP contribution in [0, 0.1) is 6.92 Å². The van der Waals surface area contributed by atoms with Crippen LogP contribution in [0.2, 0.25) is 0 Å².